The van der Waals surface area contributed by atoms with E-state index in [0.717, 1.165) is 30.8 Å². The van der Waals surface area contributed by atoms with Crippen molar-refractivity contribution in [1.29, 1.82) is 0 Å². The molecule has 0 radical (unpaired) electrons. The molecule has 0 saturated carbocycles. The van der Waals surface area contributed by atoms with E-state index in [9.17, 15) is 9.18 Å². The molecule has 1 heterocycles. The lowest BCUT2D eigenvalue weighted by Crippen LogP contribution is -2.39. The van der Waals surface area contributed by atoms with Crippen molar-refractivity contribution in [3.63, 3.8) is 0 Å². The second-order valence-corrected chi connectivity index (χ2v) is 7.71. The number of carbonyl (C=O) groups excluding carboxylic acids is 1. The number of likely N-dealkylation sites (N-methyl/N-ethyl adjacent to an activating group) is 1. The van der Waals surface area contributed by atoms with Crippen LogP contribution in [0.3, 0.4) is 0 Å². The van der Waals surface area contributed by atoms with E-state index < -0.39 is 0 Å². The van der Waals surface area contributed by atoms with Crippen LogP contribution in [0.4, 0.5) is 10.3 Å². The molecule has 1 amide bonds. The van der Waals surface area contributed by atoms with Crippen LogP contribution in [0.2, 0.25) is 0 Å². The average molecular weight is 405 g/mol. The summed E-state index contributed by atoms with van der Waals surface area (Å²) in [6.45, 7) is 11.2. The smallest absolute Gasteiger partial charge is 0.232 e. The molecule has 160 valence electrons. The zero-order valence-electron chi connectivity index (χ0n) is 18.4. The predicted octanol–water partition coefficient (Wildman–Crippen LogP) is 3.87. The van der Waals surface area contributed by atoms with E-state index >= 15 is 0 Å². The molecule has 2 aromatic rings. The minimum Gasteiger partial charge on any atom is -0.341 e. The monoisotopic (exact) mass is 404 g/mol. The van der Waals surface area contributed by atoms with Crippen molar-refractivity contribution in [1.82, 2.24) is 15.0 Å². The van der Waals surface area contributed by atoms with Crippen molar-refractivity contribution in [2.45, 2.75) is 34.2 Å². The molecule has 0 N–H and O–H groups in total. The number of amides is 1. The summed E-state index contributed by atoms with van der Waals surface area (Å²) in [4.78, 5) is 18.9. The van der Waals surface area contributed by atoms with Gasteiger partial charge in [-0.2, -0.15) is 0 Å². The maximum atomic E-state index is 13.4. The van der Waals surface area contributed by atoms with Gasteiger partial charge in [0.1, 0.15) is 11.5 Å². The average Bonchev–Trinajstić information content (AvgIpc) is 3.09. The van der Waals surface area contributed by atoms with Crippen LogP contribution in [0.25, 0.3) is 11.3 Å². The maximum Gasteiger partial charge on any atom is 0.232 e. The molecule has 0 unspecified atom stereocenters. The van der Waals surface area contributed by atoms with Crippen LogP contribution in [0.15, 0.2) is 28.8 Å². The molecule has 0 bridgehead atoms. The third-order valence-corrected chi connectivity index (χ3v) is 4.91. The van der Waals surface area contributed by atoms with Crippen LogP contribution >= 0.6 is 0 Å². The fourth-order valence-corrected chi connectivity index (χ4v) is 3.18. The van der Waals surface area contributed by atoms with E-state index in [-0.39, 0.29) is 17.6 Å². The Hall–Kier alpha value is -2.41. The van der Waals surface area contributed by atoms with Gasteiger partial charge in [-0.3, -0.25) is 4.79 Å². The Kier molecular flexibility index (Phi) is 8.20. The van der Waals surface area contributed by atoms with Crippen LogP contribution in [0.1, 0.15) is 33.3 Å². The Morgan fingerprint density at radius 3 is 2.24 bits per heavy atom. The zero-order chi connectivity index (χ0) is 21.6. The minimum absolute atomic E-state index is 0.0867. The number of anilines is 1. The van der Waals surface area contributed by atoms with Crippen LogP contribution in [0, 0.1) is 11.7 Å². The fourth-order valence-electron chi connectivity index (χ4n) is 3.18. The molecule has 0 aliphatic carbocycles. The first-order chi connectivity index (χ1) is 13.8. The van der Waals surface area contributed by atoms with Crippen molar-refractivity contribution in [3.8, 4) is 11.3 Å². The van der Waals surface area contributed by atoms with Gasteiger partial charge in [-0.1, -0.05) is 19.0 Å². The van der Waals surface area contributed by atoms with Gasteiger partial charge in [0.2, 0.25) is 11.8 Å². The summed E-state index contributed by atoms with van der Waals surface area (Å²) >= 11 is 0. The van der Waals surface area contributed by atoms with Gasteiger partial charge in [-0.05, 0) is 52.2 Å². The Balaban J connectivity index is 2.48. The summed E-state index contributed by atoms with van der Waals surface area (Å²) in [5.41, 5.74) is 2.28. The summed E-state index contributed by atoms with van der Waals surface area (Å²) < 4.78 is 19.1. The van der Waals surface area contributed by atoms with Gasteiger partial charge in [0.25, 0.3) is 0 Å². The van der Waals surface area contributed by atoms with Crippen LogP contribution in [-0.2, 0) is 11.3 Å². The highest BCUT2D eigenvalue weighted by Crippen LogP contribution is 2.33. The first kappa shape index (κ1) is 22.9. The van der Waals surface area contributed by atoms with Gasteiger partial charge >= 0.3 is 0 Å². The molecule has 7 heteroatoms. The third-order valence-electron chi connectivity index (χ3n) is 4.91. The van der Waals surface area contributed by atoms with Crippen molar-refractivity contribution in [2.24, 2.45) is 5.92 Å². The molecule has 0 aliphatic heterocycles. The summed E-state index contributed by atoms with van der Waals surface area (Å²) in [6.07, 6.45) is 0. The second-order valence-electron chi connectivity index (χ2n) is 7.71. The number of nitrogens with zero attached hydrogens (tertiary/aromatic N) is 4. The summed E-state index contributed by atoms with van der Waals surface area (Å²) in [5.74, 6) is 0.345. The molecule has 2 rings (SSSR count). The first-order valence-electron chi connectivity index (χ1n) is 10.2. The summed E-state index contributed by atoms with van der Waals surface area (Å²) in [6, 6.07) is 6.20. The topological polar surface area (TPSA) is 52.8 Å². The number of hydrogen-bond acceptors (Lipinski definition) is 5. The lowest BCUT2D eigenvalue weighted by atomic mass is 10.1. The van der Waals surface area contributed by atoms with Crippen molar-refractivity contribution < 1.29 is 13.7 Å². The molecule has 1 aromatic heterocycles. The second kappa shape index (κ2) is 10.4. The third kappa shape index (κ3) is 5.79. The van der Waals surface area contributed by atoms with Gasteiger partial charge in [0.05, 0.1) is 12.1 Å². The van der Waals surface area contributed by atoms with Gasteiger partial charge in [-0.15, -0.1) is 0 Å². The van der Waals surface area contributed by atoms with E-state index in [1.54, 1.807) is 12.1 Å². The van der Waals surface area contributed by atoms with Gasteiger partial charge < -0.3 is 19.2 Å². The Labute approximate surface area is 173 Å². The predicted molar refractivity (Wildman–Crippen MR) is 114 cm³/mol. The van der Waals surface area contributed by atoms with E-state index in [4.69, 9.17) is 4.52 Å². The number of aromatic nitrogens is 1. The van der Waals surface area contributed by atoms with Crippen LogP contribution < -0.4 is 4.90 Å². The standard InChI is InChI=1S/C22H33FN4O2/c1-7-26(8-2)22-19(15-27(14-13-25(5)6)21(28)16(3)4)20(24-29-22)17-9-11-18(23)12-10-17/h9-12,16H,7-8,13-15H2,1-6H3. The fraction of sp³-hybridized carbons (Fsp3) is 0.545. The van der Waals surface area contributed by atoms with Crippen molar-refractivity contribution >= 4 is 11.8 Å². The minimum atomic E-state index is -0.301. The highest BCUT2D eigenvalue weighted by molar-refractivity contribution is 5.79. The number of hydrogen-bond donors (Lipinski definition) is 0. The molecule has 1 aromatic carbocycles. The molecular formula is C22H33FN4O2. The molecule has 0 spiro atoms. The first-order valence-corrected chi connectivity index (χ1v) is 10.2. The summed E-state index contributed by atoms with van der Waals surface area (Å²) in [5, 5.41) is 4.30. The number of carbonyl (C=O) groups is 1. The Bertz CT molecular complexity index is 783. The van der Waals surface area contributed by atoms with Crippen molar-refractivity contribution in [2.75, 3.05) is 45.2 Å². The van der Waals surface area contributed by atoms with E-state index in [1.807, 2.05) is 32.8 Å². The summed E-state index contributed by atoms with van der Waals surface area (Å²) in [7, 11) is 3.98. The van der Waals surface area contributed by atoms with Gasteiger partial charge in [-0.25, -0.2) is 4.39 Å². The molecule has 0 atom stereocenters. The molecular weight excluding hydrogens is 371 g/mol. The number of rotatable bonds is 10. The van der Waals surface area contributed by atoms with E-state index in [1.165, 1.54) is 12.1 Å². The van der Waals surface area contributed by atoms with E-state index in [0.29, 0.717) is 24.7 Å². The highest BCUT2D eigenvalue weighted by Gasteiger charge is 2.26. The van der Waals surface area contributed by atoms with Crippen LogP contribution in [0.5, 0.6) is 0 Å². The Morgan fingerprint density at radius 1 is 1.10 bits per heavy atom. The SMILES string of the molecule is CCN(CC)c1onc(-c2ccc(F)cc2)c1CN(CCN(C)C)C(=O)C(C)C. The molecule has 0 fully saturated rings. The molecule has 29 heavy (non-hydrogen) atoms. The van der Waals surface area contributed by atoms with Gasteiger partial charge in [0, 0.05) is 37.7 Å². The van der Waals surface area contributed by atoms with Crippen LogP contribution in [-0.4, -0.2) is 61.1 Å². The number of benzene rings is 1. The largest absolute Gasteiger partial charge is 0.341 e. The quantitative estimate of drug-likeness (QED) is 0.602. The normalized spacial score (nSPS) is 11.3. The number of halogens is 1. The maximum absolute atomic E-state index is 13.4. The molecule has 0 aliphatic rings. The van der Waals surface area contributed by atoms with E-state index in [2.05, 4.69) is 28.8 Å². The lowest BCUT2D eigenvalue weighted by Gasteiger charge is -2.27. The Morgan fingerprint density at radius 2 is 1.72 bits per heavy atom. The molecule has 0 saturated heterocycles. The highest BCUT2D eigenvalue weighted by atomic mass is 19.1. The van der Waals surface area contributed by atoms with Crippen molar-refractivity contribution in [3.05, 3.63) is 35.6 Å². The molecule has 6 nitrogen and oxygen atoms in total. The zero-order valence-corrected chi connectivity index (χ0v) is 18.4. The lowest BCUT2D eigenvalue weighted by molar-refractivity contribution is -0.135. The van der Waals surface area contributed by atoms with Gasteiger partial charge in [0.15, 0.2) is 0 Å².